The van der Waals surface area contributed by atoms with Crippen LogP contribution in [0, 0.1) is 22.7 Å². The Hall–Kier alpha value is -2.70. The van der Waals surface area contributed by atoms with Crippen LogP contribution in [0.15, 0.2) is 29.3 Å². The first-order valence-corrected chi connectivity index (χ1v) is 9.36. The normalized spacial score (nSPS) is 22.2. The molecule has 1 aliphatic rings. The number of sulfonamides is 1. The smallest absolute Gasteiger partial charge is 0.242 e. The summed E-state index contributed by atoms with van der Waals surface area (Å²) in [7, 11) is -0.759. The molecule has 1 amide bonds. The van der Waals surface area contributed by atoms with Gasteiger partial charge in [-0.2, -0.15) is 5.26 Å². The van der Waals surface area contributed by atoms with Crippen LogP contribution in [0.4, 0.5) is 11.5 Å². The van der Waals surface area contributed by atoms with Gasteiger partial charge in [-0.3, -0.25) is 4.79 Å². The van der Waals surface area contributed by atoms with Gasteiger partial charge in [-0.15, -0.1) is 0 Å². The Labute approximate surface area is 151 Å². The number of rotatable bonds is 4. The first-order chi connectivity index (χ1) is 12.1. The maximum atomic E-state index is 12.3. The molecule has 1 unspecified atom stereocenters. The molecule has 1 aromatic carbocycles. The lowest BCUT2D eigenvalue weighted by molar-refractivity contribution is -0.117. The van der Waals surface area contributed by atoms with Gasteiger partial charge >= 0.3 is 0 Å². The summed E-state index contributed by atoms with van der Waals surface area (Å²) in [5.74, 6) is -0.352. The summed E-state index contributed by atoms with van der Waals surface area (Å²) in [4.78, 5) is 16.5. The van der Waals surface area contributed by atoms with Crippen LogP contribution in [0.3, 0.4) is 0 Å². The molecule has 0 saturated heterocycles. The number of amides is 1. The highest BCUT2D eigenvalue weighted by molar-refractivity contribution is 7.89. The molecule has 9 heteroatoms. The molecule has 1 aromatic heterocycles. The number of nitrogens with one attached hydrogen (secondary N) is 1. The zero-order valence-electron chi connectivity index (χ0n) is 14.6. The van der Waals surface area contributed by atoms with E-state index in [1.54, 1.807) is 13.0 Å². The molecular formula is C17H19N5O3S. The Morgan fingerprint density at radius 3 is 2.69 bits per heavy atom. The van der Waals surface area contributed by atoms with E-state index < -0.39 is 15.4 Å². The van der Waals surface area contributed by atoms with Crippen LogP contribution in [0.1, 0.15) is 13.3 Å². The van der Waals surface area contributed by atoms with E-state index in [2.05, 4.69) is 16.4 Å². The van der Waals surface area contributed by atoms with Crippen molar-refractivity contribution in [3.63, 3.8) is 0 Å². The van der Waals surface area contributed by atoms with Crippen LogP contribution >= 0.6 is 0 Å². The first-order valence-electron chi connectivity index (χ1n) is 7.92. The molecule has 1 heterocycles. The molecule has 1 fully saturated rings. The lowest BCUT2D eigenvalue weighted by atomic mass is 10.1. The molecule has 3 rings (SSSR count). The number of carbonyl (C=O) groups is 1. The van der Waals surface area contributed by atoms with E-state index >= 15 is 0 Å². The third kappa shape index (κ3) is 2.98. The molecule has 0 radical (unpaired) electrons. The van der Waals surface area contributed by atoms with Crippen molar-refractivity contribution in [3.05, 3.63) is 24.4 Å². The monoisotopic (exact) mass is 373 g/mol. The SMILES string of the molecule is CN(C)S(=O)(=O)c1cc(N)c2cnc(NC(=O)[C@H]3CC3(C)C#N)cc2c1. The molecule has 0 spiro atoms. The molecule has 1 aliphatic carbocycles. The molecule has 1 saturated carbocycles. The Kier molecular flexibility index (Phi) is 4.13. The van der Waals surface area contributed by atoms with Crippen molar-refractivity contribution < 1.29 is 13.2 Å². The summed E-state index contributed by atoms with van der Waals surface area (Å²) >= 11 is 0. The van der Waals surface area contributed by atoms with Crippen molar-refractivity contribution >= 4 is 38.2 Å². The highest BCUT2D eigenvalue weighted by Crippen LogP contribution is 2.51. The summed E-state index contributed by atoms with van der Waals surface area (Å²) in [5.41, 5.74) is 5.63. The van der Waals surface area contributed by atoms with Crippen molar-refractivity contribution in [2.75, 3.05) is 25.1 Å². The van der Waals surface area contributed by atoms with Crippen molar-refractivity contribution in [2.24, 2.45) is 11.3 Å². The quantitative estimate of drug-likeness (QED) is 0.782. The molecule has 2 atom stereocenters. The Bertz CT molecular complexity index is 1060. The second kappa shape index (κ2) is 5.93. The number of nitrogen functional groups attached to an aromatic ring is 1. The summed E-state index contributed by atoms with van der Waals surface area (Å²) in [6.45, 7) is 1.74. The van der Waals surface area contributed by atoms with Crippen LogP contribution < -0.4 is 11.1 Å². The van der Waals surface area contributed by atoms with Gasteiger partial charge in [0.05, 0.1) is 22.3 Å². The first kappa shape index (κ1) is 18.1. The fourth-order valence-electron chi connectivity index (χ4n) is 2.77. The van der Waals surface area contributed by atoms with Crippen LogP contribution in [0.25, 0.3) is 10.8 Å². The standard InChI is InChI=1S/C17H19N5O3S/c1-17(9-18)7-13(17)16(23)21-15-5-10-4-11(26(24,25)22(2)3)6-14(19)12(10)8-20-15/h4-6,8,13H,7,19H2,1-3H3,(H,20,21,23)/t13-,17?/m1/s1. The zero-order chi connectivity index (χ0) is 19.3. The number of anilines is 2. The van der Waals surface area contributed by atoms with Gasteiger partial charge in [-0.1, -0.05) is 0 Å². The Balaban J connectivity index is 1.96. The highest BCUT2D eigenvalue weighted by atomic mass is 32.2. The van der Waals surface area contributed by atoms with E-state index in [0.29, 0.717) is 17.2 Å². The maximum absolute atomic E-state index is 12.3. The van der Waals surface area contributed by atoms with Gasteiger partial charge in [0, 0.05) is 31.4 Å². The van der Waals surface area contributed by atoms with E-state index in [-0.39, 0.29) is 28.2 Å². The zero-order valence-corrected chi connectivity index (χ0v) is 15.5. The molecule has 26 heavy (non-hydrogen) atoms. The number of hydrogen-bond donors (Lipinski definition) is 2. The van der Waals surface area contributed by atoms with Gasteiger partial charge in [0.1, 0.15) is 5.82 Å². The van der Waals surface area contributed by atoms with Gasteiger partial charge in [0.25, 0.3) is 0 Å². The third-order valence-electron chi connectivity index (χ3n) is 4.68. The number of carbonyl (C=O) groups excluding carboxylic acids is 1. The van der Waals surface area contributed by atoms with E-state index in [1.807, 2.05) is 0 Å². The Morgan fingerprint density at radius 2 is 2.12 bits per heavy atom. The molecule has 0 bridgehead atoms. The van der Waals surface area contributed by atoms with Crippen LogP contribution in [-0.2, 0) is 14.8 Å². The van der Waals surface area contributed by atoms with E-state index in [0.717, 1.165) is 4.31 Å². The summed E-state index contributed by atoms with van der Waals surface area (Å²) in [5, 5.41) is 12.9. The number of benzene rings is 1. The average molecular weight is 373 g/mol. The van der Waals surface area contributed by atoms with Gasteiger partial charge in [-0.05, 0) is 36.9 Å². The molecular weight excluding hydrogens is 354 g/mol. The third-order valence-corrected chi connectivity index (χ3v) is 6.47. The average Bonchev–Trinajstić information content (AvgIpc) is 3.27. The van der Waals surface area contributed by atoms with Gasteiger partial charge in [-0.25, -0.2) is 17.7 Å². The number of nitrogens with zero attached hydrogens (tertiary/aromatic N) is 3. The molecule has 3 N–H and O–H groups in total. The topological polar surface area (TPSA) is 129 Å². The van der Waals surface area contributed by atoms with Crippen molar-refractivity contribution in [3.8, 4) is 6.07 Å². The lowest BCUT2D eigenvalue weighted by Crippen LogP contribution is -2.22. The second-order valence-corrected chi connectivity index (χ2v) is 9.02. The molecule has 136 valence electrons. The molecule has 8 nitrogen and oxygen atoms in total. The van der Waals surface area contributed by atoms with Crippen LogP contribution in [0.5, 0.6) is 0 Å². The minimum absolute atomic E-state index is 0.0650. The molecule has 2 aromatic rings. The number of pyridine rings is 1. The van der Waals surface area contributed by atoms with Gasteiger partial charge in [0.15, 0.2) is 0 Å². The Morgan fingerprint density at radius 1 is 1.42 bits per heavy atom. The summed E-state index contributed by atoms with van der Waals surface area (Å²) in [6.07, 6.45) is 2.00. The van der Waals surface area contributed by atoms with Crippen molar-refractivity contribution in [1.29, 1.82) is 5.26 Å². The largest absolute Gasteiger partial charge is 0.398 e. The highest BCUT2D eigenvalue weighted by Gasteiger charge is 2.55. The number of fused-ring (bicyclic) bond motifs is 1. The number of nitriles is 1. The summed E-state index contributed by atoms with van der Waals surface area (Å²) < 4.78 is 25.8. The second-order valence-electron chi connectivity index (χ2n) is 6.87. The van der Waals surface area contributed by atoms with Crippen LogP contribution in [0.2, 0.25) is 0 Å². The number of nitrogens with two attached hydrogens (primary N) is 1. The van der Waals surface area contributed by atoms with Crippen molar-refractivity contribution in [1.82, 2.24) is 9.29 Å². The number of hydrogen-bond acceptors (Lipinski definition) is 6. The maximum Gasteiger partial charge on any atom is 0.242 e. The summed E-state index contributed by atoms with van der Waals surface area (Å²) in [6, 6.07) is 6.59. The minimum atomic E-state index is -3.64. The van der Waals surface area contributed by atoms with Gasteiger partial charge in [0.2, 0.25) is 15.9 Å². The van der Waals surface area contributed by atoms with E-state index in [9.17, 15) is 13.2 Å². The van der Waals surface area contributed by atoms with Gasteiger partial charge < -0.3 is 11.1 Å². The lowest BCUT2D eigenvalue weighted by Gasteiger charge is -2.13. The van der Waals surface area contributed by atoms with Crippen molar-refractivity contribution in [2.45, 2.75) is 18.2 Å². The predicted molar refractivity (Wildman–Crippen MR) is 97.5 cm³/mol. The fourth-order valence-corrected chi connectivity index (χ4v) is 3.74. The van der Waals surface area contributed by atoms with Crippen LogP contribution in [-0.4, -0.2) is 37.7 Å². The van der Waals surface area contributed by atoms with E-state index in [4.69, 9.17) is 11.0 Å². The molecule has 0 aliphatic heterocycles. The minimum Gasteiger partial charge on any atom is -0.398 e. The van der Waals surface area contributed by atoms with E-state index in [1.165, 1.54) is 32.4 Å². The fraction of sp³-hybridized carbons (Fsp3) is 0.353. The predicted octanol–water partition coefficient (Wildman–Crippen LogP) is 1.56. The number of aromatic nitrogens is 1.